The molecule has 0 saturated carbocycles. The number of nitrogen functional groups attached to an aromatic ring is 1. The Morgan fingerprint density at radius 1 is 0.632 bits per heavy atom. The van der Waals surface area contributed by atoms with E-state index < -0.39 is 41.8 Å². The number of nitrogens with zero attached hydrogens (tertiary/aromatic N) is 1. The molecular weight excluding hydrogens is 851 g/mol. The Balaban J connectivity index is 0.000000900. The smallest absolute Gasteiger partial charge is 0.848 e. The van der Waals surface area contributed by atoms with Gasteiger partial charge in [-0.05, 0) is 80.4 Å². The molecule has 57 heavy (non-hydrogen) atoms. The van der Waals surface area contributed by atoms with E-state index in [-0.39, 0.29) is 56.6 Å². The molecule has 296 valence electrons. The molecule has 4 N–H and O–H groups in total. The number of ether oxygens (including phenoxy) is 2. The summed E-state index contributed by atoms with van der Waals surface area (Å²) < 4.78 is 9.63. The van der Waals surface area contributed by atoms with Gasteiger partial charge >= 0.3 is 49.7 Å². The van der Waals surface area contributed by atoms with Crippen LogP contribution in [-0.4, -0.2) is 36.6 Å². The van der Waals surface area contributed by atoms with Gasteiger partial charge in [-0.1, -0.05) is 131 Å². The first-order valence-electron chi connectivity index (χ1n) is 16.4. The van der Waals surface area contributed by atoms with E-state index in [1.165, 1.54) is 6.92 Å². The molecule has 11 nitrogen and oxygen atoms in total. The molecule has 0 heterocycles. The van der Waals surface area contributed by atoms with Crippen molar-refractivity contribution in [3.05, 3.63) is 126 Å². The summed E-state index contributed by atoms with van der Waals surface area (Å²) in [6, 6.07) is 22.6. The van der Waals surface area contributed by atoms with Gasteiger partial charge in [0.1, 0.15) is 5.71 Å². The van der Waals surface area contributed by atoms with Crippen LogP contribution >= 0.6 is 69.6 Å². The summed E-state index contributed by atoms with van der Waals surface area (Å²) >= 11 is 34.9. The maximum atomic E-state index is 12.8. The zero-order valence-corrected chi connectivity index (χ0v) is 36.5. The fraction of sp³-hybridized carbons (Fsp3) is 0.263. The van der Waals surface area contributed by atoms with Crippen molar-refractivity contribution in [2.45, 2.75) is 39.9 Å². The molecular formula is C38H38Cl6Li2N4O7. The summed E-state index contributed by atoms with van der Waals surface area (Å²) in [5, 5.41) is 31.9. The Hall–Kier alpha value is -2.43. The molecule has 4 atom stereocenters. The standard InChI is InChI=1S/C19H18Cl3N2O3.C13H14ClO4.C6H6Cl2N2.2Li/c1-3-27-19(26)17(24-23-16-9-8-14(21)10-15(16)22)11(2)18(25)12-4-6-13(20)7-5-12;1-3-18-13(17)12(16)8(2)11(15)9-4-6-10(14)7-5-9;7-4-1-2-6(10-9)5(8)3-4;;/h4-11,18,23H,3H2,1-2H3;4-8,11H,3H2,1-2H3;1-3,10H,9H2;;/q2*-1;;2*+1/b24-17-;;;;. The number of hydrogen-bond acceptors (Lipinski definition) is 11. The second-order valence-electron chi connectivity index (χ2n) is 11.3. The van der Waals surface area contributed by atoms with Crippen LogP contribution in [0.3, 0.4) is 0 Å². The normalized spacial score (nSPS) is 12.5. The van der Waals surface area contributed by atoms with Crippen molar-refractivity contribution in [2.24, 2.45) is 22.8 Å². The van der Waals surface area contributed by atoms with E-state index in [4.69, 9.17) is 80.2 Å². The van der Waals surface area contributed by atoms with Crippen LogP contribution in [-0.2, 0) is 23.9 Å². The number of Topliss-reactive ketones (excluding diaryl/α,β-unsaturated/α-hetero) is 1. The monoisotopic (exact) mass is 886 g/mol. The topological polar surface area (TPSA) is 178 Å². The predicted molar refractivity (Wildman–Crippen MR) is 217 cm³/mol. The van der Waals surface area contributed by atoms with Crippen molar-refractivity contribution < 1.29 is 71.8 Å². The van der Waals surface area contributed by atoms with Crippen molar-refractivity contribution >= 4 is 104 Å². The van der Waals surface area contributed by atoms with Crippen LogP contribution in [0.15, 0.2) is 90.0 Å². The molecule has 0 bridgehead atoms. The number of hydrogen-bond donors (Lipinski definition) is 3. The zero-order valence-electron chi connectivity index (χ0n) is 32.0. The summed E-state index contributed by atoms with van der Waals surface area (Å²) in [5.41, 5.74) is 7.15. The van der Waals surface area contributed by atoms with Gasteiger partial charge in [0.05, 0.1) is 34.6 Å². The minimum absolute atomic E-state index is 0. The van der Waals surface area contributed by atoms with Gasteiger partial charge < -0.3 is 25.1 Å². The van der Waals surface area contributed by atoms with Gasteiger partial charge in [-0.15, -0.1) is 0 Å². The van der Waals surface area contributed by atoms with Crippen molar-refractivity contribution in [2.75, 3.05) is 24.1 Å². The number of anilines is 2. The number of ketones is 1. The molecule has 0 saturated heterocycles. The molecule has 0 spiro atoms. The van der Waals surface area contributed by atoms with Crippen LogP contribution in [0.4, 0.5) is 11.4 Å². The number of nitrogens with one attached hydrogen (secondary N) is 2. The molecule has 0 aliphatic heterocycles. The van der Waals surface area contributed by atoms with Gasteiger partial charge in [0.15, 0.2) is 0 Å². The van der Waals surface area contributed by atoms with E-state index in [0.29, 0.717) is 52.6 Å². The minimum Gasteiger partial charge on any atom is -0.848 e. The van der Waals surface area contributed by atoms with E-state index >= 15 is 0 Å². The Morgan fingerprint density at radius 2 is 1.02 bits per heavy atom. The third kappa shape index (κ3) is 18.2. The van der Waals surface area contributed by atoms with Gasteiger partial charge in [0, 0.05) is 26.0 Å². The number of rotatable bonds is 13. The number of nitrogens with two attached hydrogens (primary N) is 1. The van der Waals surface area contributed by atoms with E-state index in [0.717, 1.165) is 0 Å². The molecule has 0 aliphatic rings. The summed E-state index contributed by atoms with van der Waals surface area (Å²) in [7, 11) is 0. The first kappa shape index (κ1) is 54.6. The first-order chi connectivity index (χ1) is 26.0. The second kappa shape index (κ2) is 28.1. The third-order valence-electron chi connectivity index (χ3n) is 7.43. The van der Waals surface area contributed by atoms with E-state index in [1.807, 2.05) is 0 Å². The molecule has 4 aromatic carbocycles. The Labute approximate surface area is 386 Å². The molecule has 0 amide bonds. The number of halogens is 6. The van der Waals surface area contributed by atoms with E-state index in [1.54, 1.807) is 106 Å². The summed E-state index contributed by atoms with van der Waals surface area (Å²) in [4.78, 5) is 35.2. The number of carbonyl (C=O) groups is 3. The first-order valence-corrected chi connectivity index (χ1v) is 18.7. The van der Waals surface area contributed by atoms with E-state index in [9.17, 15) is 24.6 Å². The molecule has 19 heteroatoms. The average Bonchev–Trinajstić information content (AvgIpc) is 3.15. The maximum absolute atomic E-state index is 12.8. The van der Waals surface area contributed by atoms with Crippen LogP contribution in [0.5, 0.6) is 0 Å². The molecule has 4 rings (SSSR count). The third-order valence-corrected chi connectivity index (χ3v) is 9.03. The summed E-state index contributed by atoms with van der Waals surface area (Å²) in [6.07, 6.45) is -2.54. The van der Waals surface area contributed by atoms with Crippen LogP contribution in [0.2, 0.25) is 30.1 Å². The SMILES string of the molecule is CCOC(=O)/C(=N\Nc1ccc(Cl)cc1Cl)C(C)C([O-])c1ccc(Cl)cc1.CCOC(=O)C(=O)C(C)C([O-])c1ccc(Cl)cc1.NNc1ccc(Cl)cc1Cl.[Li+].[Li+]. The number of hydrazone groups is 1. The van der Waals surface area contributed by atoms with Crippen LogP contribution in [0.25, 0.3) is 0 Å². The zero-order chi connectivity index (χ0) is 41.2. The minimum atomic E-state index is -1.31. The predicted octanol–water partition coefficient (Wildman–Crippen LogP) is 2.51. The summed E-state index contributed by atoms with van der Waals surface area (Å²) in [5.74, 6) is 0.969. The Morgan fingerprint density at radius 3 is 1.42 bits per heavy atom. The van der Waals surface area contributed by atoms with Crippen molar-refractivity contribution in [3.8, 4) is 0 Å². The Bertz CT molecular complexity index is 1910. The second-order valence-corrected chi connectivity index (χ2v) is 13.9. The largest absolute Gasteiger partial charge is 1.00 e. The molecule has 4 aromatic rings. The number of carbonyl (C=O) groups excluding carboxylic acids is 3. The van der Waals surface area contributed by atoms with Gasteiger partial charge in [-0.3, -0.25) is 16.1 Å². The Kier molecular flexibility index (Phi) is 26.9. The van der Waals surface area contributed by atoms with Gasteiger partial charge in [-0.2, -0.15) is 5.10 Å². The fourth-order valence-electron chi connectivity index (χ4n) is 4.40. The fourth-order valence-corrected chi connectivity index (χ4v) is 5.56. The quantitative estimate of drug-likeness (QED) is 0.0452. The van der Waals surface area contributed by atoms with Gasteiger partial charge in [0.2, 0.25) is 5.78 Å². The van der Waals surface area contributed by atoms with Gasteiger partial charge in [-0.25, -0.2) is 9.59 Å². The number of hydrazine groups is 1. The molecule has 0 radical (unpaired) electrons. The molecule has 4 unspecified atom stereocenters. The summed E-state index contributed by atoms with van der Waals surface area (Å²) in [6.45, 7) is 6.60. The molecule has 0 fully saturated rings. The molecule has 0 aromatic heterocycles. The van der Waals surface area contributed by atoms with Crippen molar-refractivity contribution in [1.29, 1.82) is 0 Å². The van der Waals surface area contributed by atoms with Crippen LogP contribution < -0.4 is 64.6 Å². The maximum Gasteiger partial charge on any atom is 1.00 e. The van der Waals surface area contributed by atoms with Crippen molar-refractivity contribution in [1.82, 2.24) is 0 Å². The molecule has 0 aliphatic carbocycles. The average molecular weight is 889 g/mol. The van der Waals surface area contributed by atoms with Crippen LogP contribution in [0, 0.1) is 11.8 Å². The van der Waals surface area contributed by atoms with E-state index in [2.05, 4.69) is 20.7 Å². The van der Waals surface area contributed by atoms with Gasteiger partial charge in [0.25, 0.3) is 0 Å². The number of esters is 2. The van der Waals surface area contributed by atoms with Crippen molar-refractivity contribution in [3.63, 3.8) is 0 Å². The number of benzene rings is 4. The van der Waals surface area contributed by atoms with Crippen LogP contribution in [0.1, 0.15) is 51.0 Å².